The van der Waals surface area contributed by atoms with E-state index in [1.807, 2.05) is 38.9 Å². The summed E-state index contributed by atoms with van der Waals surface area (Å²) in [6.07, 6.45) is 1.71. The number of hydrogen-bond donors (Lipinski definition) is 1. The van der Waals surface area contributed by atoms with Crippen molar-refractivity contribution < 1.29 is 0 Å². The van der Waals surface area contributed by atoms with E-state index in [1.54, 1.807) is 10.9 Å². The Morgan fingerprint density at radius 1 is 1.29 bits per heavy atom. The van der Waals surface area contributed by atoms with Gasteiger partial charge >= 0.3 is 0 Å². The number of aryl methyl sites for hydroxylation is 1. The predicted octanol–water partition coefficient (Wildman–Crippen LogP) is 0.927. The second-order valence-electron chi connectivity index (χ2n) is 4.11. The van der Waals surface area contributed by atoms with Crippen LogP contribution in [0, 0.1) is 13.8 Å². The molecule has 0 saturated heterocycles. The lowest BCUT2D eigenvalue weighted by Crippen LogP contribution is -2.14. The second-order valence-corrected chi connectivity index (χ2v) is 4.11. The van der Waals surface area contributed by atoms with E-state index in [-0.39, 0.29) is 0 Å². The lowest BCUT2D eigenvalue weighted by Gasteiger charge is -2.11. The molecule has 2 aromatic heterocycles. The van der Waals surface area contributed by atoms with Crippen molar-refractivity contribution in [1.29, 1.82) is 0 Å². The average Bonchev–Trinajstić information content (AvgIpc) is 2.57. The van der Waals surface area contributed by atoms with Crippen LogP contribution in [0.3, 0.4) is 0 Å². The minimum atomic E-state index is 0.647. The van der Waals surface area contributed by atoms with Gasteiger partial charge in [0.05, 0.1) is 17.1 Å². The molecule has 0 unspecified atom stereocenters. The Balaban J connectivity index is 2.53. The third kappa shape index (κ3) is 1.93. The van der Waals surface area contributed by atoms with Gasteiger partial charge < -0.3 is 10.6 Å². The van der Waals surface area contributed by atoms with Gasteiger partial charge in [0.15, 0.2) is 5.82 Å². The molecule has 0 bridgehead atoms. The van der Waals surface area contributed by atoms with Crippen LogP contribution < -0.4 is 10.6 Å². The second kappa shape index (κ2) is 4.04. The minimum Gasteiger partial charge on any atom is -0.396 e. The molecule has 17 heavy (non-hydrogen) atoms. The first kappa shape index (κ1) is 11.4. The molecule has 0 spiro atoms. The molecular weight excluding hydrogens is 216 g/mol. The van der Waals surface area contributed by atoms with Gasteiger partial charge in [-0.3, -0.25) is 0 Å². The van der Waals surface area contributed by atoms with Crippen LogP contribution in [0.4, 0.5) is 11.6 Å². The summed E-state index contributed by atoms with van der Waals surface area (Å²) < 4.78 is 1.74. The first-order valence-electron chi connectivity index (χ1n) is 5.33. The van der Waals surface area contributed by atoms with Gasteiger partial charge in [0.25, 0.3) is 0 Å². The van der Waals surface area contributed by atoms with Crippen molar-refractivity contribution in [3.05, 3.63) is 23.7 Å². The topological polar surface area (TPSA) is 72.9 Å². The monoisotopic (exact) mass is 232 g/mol. The van der Waals surface area contributed by atoms with E-state index in [0.29, 0.717) is 11.6 Å². The van der Waals surface area contributed by atoms with Crippen molar-refractivity contribution in [3.8, 4) is 5.82 Å². The van der Waals surface area contributed by atoms with Crippen molar-refractivity contribution in [2.45, 2.75) is 13.8 Å². The Kier molecular flexibility index (Phi) is 2.71. The quantitative estimate of drug-likeness (QED) is 0.833. The standard InChI is InChI=1S/C11H16N6/c1-7-10(12)8(2)17(15-7)9-5-6-13-11(14-9)16(3)4/h5-6H,12H2,1-4H3. The van der Waals surface area contributed by atoms with Crippen molar-refractivity contribution in [1.82, 2.24) is 19.7 Å². The van der Waals surface area contributed by atoms with Crippen LogP contribution in [0.5, 0.6) is 0 Å². The Hall–Kier alpha value is -2.11. The Bertz CT molecular complexity index is 543. The summed E-state index contributed by atoms with van der Waals surface area (Å²) in [6.45, 7) is 3.81. The normalized spacial score (nSPS) is 10.6. The molecule has 2 aromatic rings. The molecule has 0 amide bonds. The maximum Gasteiger partial charge on any atom is 0.226 e. The molecule has 0 saturated carbocycles. The lowest BCUT2D eigenvalue weighted by molar-refractivity contribution is 0.796. The number of nitrogens with two attached hydrogens (primary N) is 1. The number of nitrogen functional groups attached to an aromatic ring is 1. The summed E-state index contributed by atoms with van der Waals surface area (Å²) in [4.78, 5) is 10.4. The fourth-order valence-corrected chi connectivity index (χ4v) is 1.55. The predicted molar refractivity (Wildman–Crippen MR) is 67.4 cm³/mol. The van der Waals surface area contributed by atoms with E-state index in [1.165, 1.54) is 0 Å². The van der Waals surface area contributed by atoms with Crippen LogP contribution in [0.25, 0.3) is 5.82 Å². The highest BCUT2D eigenvalue weighted by atomic mass is 15.3. The SMILES string of the molecule is Cc1nn(-c2ccnc(N(C)C)n2)c(C)c1N. The highest BCUT2D eigenvalue weighted by molar-refractivity contribution is 5.49. The van der Waals surface area contributed by atoms with Gasteiger partial charge in [-0.05, 0) is 13.8 Å². The van der Waals surface area contributed by atoms with Crippen LogP contribution in [-0.4, -0.2) is 33.8 Å². The number of aromatic nitrogens is 4. The van der Waals surface area contributed by atoms with Gasteiger partial charge in [-0.25, -0.2) is 9.67 Å². The van der Waals surface area contributed by atoms with E-state index >= 15 is 0 Å². The number of rotatable bonds is 2. The summed E-state index contributed by atoms with van der Waals surface area (Å²) in [7, 11) is 3.79. The van der Waals surface area contributed by atoms with Crippen LogP contribution in [0.2, 0.25) is 0 Å². The molecule has 0 aromatic carbocycles. The van der Waals surface area contributed by atoms with Crippen molar-refractivity contribution in [3.63, 3.8) is 0 Å². The lowest BCUT2D eigenvalue weighted by atomic mass is 10.3. The molecule has 2 heterocycles. The molecule has 2 N–H and O–H groups in total. The summed E-state index contributed by atoms with van der Waals surface area (Å²) in [6, 6.07) is 1.81. The van der Waals surface area contributed by atoms with Gasteiger partial charge in [-0.1, -0.05) is 0 Å². The Labute approximate surface area is 100 Å². The van der Waals surface area contributed by atoms with Crippen molar-refractivity contribution in [2.75, 3.05) is 24.7 Å². The number of hydrogen-bond acceptors (Lipinski definition) is 5. The molecule has 6 heteroatoms. The van der Waals surface area contributed by atoms with Crippen LogP contribution in [0.15, 0.2) is 12.3 Å². The highest BCUT2D eigenvalue weighted by Crippen LogP contribution is 2.18. The largest absolute Gasteiger partial charge is 0.396 e. The molecule has 0 aliphatic rings. The van der Waals surface area contributed by atoms with E-state index in [0.717, 1.165) is 17.2 Å². The summed E-state index contributed by atoms with van der Waals surface area (Å²) in [5, 5.41) is 4.36. The molecule has 2 rings (SSSR count). The van der Waals surface area contributed by atoms with Gasteiger partial charge in [-0.2, -0.15) is 10.1 Å². The Morgan fingerprint density at radius 3 is 2.53 bits per heavy atom. The van der Waals surface area contributed by atoms with Gasteiger partial charge in [0, 0.05) is 26.4 Å². The van der Waals surface area contributed by atoms with Crippen LogP contribution in [0.1, 0.15) is 11.4 Å². The molecule has 90 valence electrons. The van der Waals surface area contributed by atoms with Crippen molar-refractivity contribution >= 4 is 11.6 Å². The first-order chi connectivity index (χ1) is 8.00. The molecule has 6 nitrogen and oxygen atoms in total. The van der Waals surface area contributed by atoms with Gasteiger partial charge in [-0.15, -0.1) is 0 Å². The minimum absolute atomic E-state index is 0.647. The van der Waals surface area contributed by atoms with Gasteiger partial charge in [0.1, 0.15) is 0 Å². The fraction of sp³-hybridized carbons (Fsp3) is 0.364. The fourth-order valence-electron chi connectivity index (χ4n) is 1.55. The van der Waals surface area contributed by atoms with Gasteiger partial charge in [0.2, 0.25) is 5.95 Å². The molecule has 0 radical (unpaired) electrons. The smallest absolute Gasteiger partial charge is 0.226 e. The molecule has 0 aliphatic heterocycles. The Morgan fingerprint density at radius 2 is 2.00 bits per heavy atom. The zero-order valence-corrected chi connectivity index (χ0v) is 10.5. The van der Waals surface area contributed by atoms with E-state index < -0.39 is 0 Å². The summed E-state index contributed by atoms with van der Waals surface area (Å²) >= 11 is 0. The molecule has 0 fully saturated rings. The first-order valence-corrected chi connectivity index (χ1v) is 5.33. The zero-order chi connectivity index (χ0) is 12.6. The average molecular weight is 232 g/mol. The van der Waals surface area contributed by atoms with Crippen molar-refractivity contribution in [2.24, 2.45) is 0 Å². The van der Waals surface area contributed by atoms with E-state index in [4.69, 9.17) is 5.73 Å². The third-order valence-electron chi connectivity index (χ3n) is 2.59. The molecular formula is C11H16N6. The third-order valence-corrected chi connectivity index (χ3v) is 2.59. The maximum atomic E-state index is 5.90. The maximum absolute atomic E-state index is 5.90. The highest BCUT2D eigenvalue weighted by Gasteiger charge is 2.11. The summed E-state index contributed by atoms with van der Waals surface area (Å²) in [5.41, 5.74) is 8.31. The van der Waals surface area contributed by atoms with E-state index in [2.05, 4.69) is 15.1 Å². The van der Waals surface area contributed by atoms with Crippen LogP contribution in [-0.2, 0) is 0 Å². The van der Waals surface area contributed by atoms with Crippen LogP contribution >= 0.6 is 0 Å². The summed E-state index contributed by atoms with van der Waals surface area (Å²) in [5.74, 6) is 1.37. The molecule has 0 atom stereocenters. The van der Waals surface area contributed by atoms with E-state index in [9.17, 15) is 0 Å². The molecule has 0 aliphatic carbocycles. The zero-order valence-electron chi connectivity index (χ0n) is 10.5. The number of anilines is 2. The number of nitrogens with zero attached hydrogens (tertiary/aromatic N) is 5.